The van der Waals surface area contributed by atoms with Gasteiger partial charge in [-0.15, -0.1) is 0 Å². The molecule has 2 N–H and O–H groups in total. The summed E-state index contributed by atoms with van der Waals surface area (Å²) in [6, 6.07) is 7.61. The van der Waals surface area contributed by atoms with Crippen molar-refractivity contribution in [1.29, 1.82) is 0 Å². The van der Waals surface area contributed by atoms with Gasteiger partial charge in [0.2, 0.25) is 5.95 Å². The molecule has 0 spiro atoms. The molecule has 0 aliphatic rings. The molecule has 0 unspecified atom stereocenters. The van der Waals surface area contributed by atoms with Crippen molar-refractivity contribution in [3.63, 3.8) is 0 Å². The molecule has 0 bridgehead atoms. The van der Waals surface area contributed by atoms with Crippen molar-refractivity contribution in [3.05, 3.63) is 72.3 Å². The van der Waals surface area contributed by atoms with E-state index in [2.05, 4.69) is 24.9 Å². The van der Waals surface area contributed by atoms with E-state index in [-0.39, 0.29) is 14.9 Å². The average molecular weight is 328 g/mol. The van der Waals surface area contributed by atoms with Crippen molar-refractivity contribution < 1.29 is 0 Å². The van der Waals surface area contributed by atoms with E-state index in [1.807, 2.05) is 39.0 Å². The smallest absolute Gasteiger partial charge is 0.220 e. The number of nitrogen functional groups attached to an aromatic ring is 1. The Labute approximate surface area is 145 Å². The second kappa shape index (κ2) is 13.8. The van der Waals surface area contributed by atoms with Gasteiger partial charge in [-0.3, -0.25) is 4.98 Å². The lowest BCUT2D eigenvalue weighted by molar-refractivity contribution is 1.10. The molecule has 0 amide bonds. The Morgan fingerprint density at radius 2 is 1.29 bits per heavy atom. The summed E-state index contributed by atoms with van der Waals surface area (Å²) in [6.45, 7) is 5.85. The fourth-order valence-corrected chi connectivity index (χ4v) is 1.25. The summed E-state index contributed by atoms with van der Waals surface area (Å²) >= 11 is 0. The Hall–Kier alpha value is -2.89. The van der Waals surface area contributed by atoms with Crippen LogP contribution in [0.2, 0.25) is 0 Å². The van der Waals surface area contributed by atoms with E-state index in [9.17, 15) is 0 Å². The van der Waals surface area contributed by atoms with E-state index >= 15 is 0 Å². The monoisotopic (exact) mass is 328 g/mol. The molecule has 0 radical (unpaired) electrons. The molecule has 0 fully saturated rings. The molecule has 0 saturated heterocycles. The van der Waals surface area contributed by atoms with Crippen LogP contribution in [0.25, 0.3) is 0 Å². The number of hydrogen-bond acceptors (Lipinski definition) is 6. The van der Waals surface area contributed by atoms with Crippen LogP contribution in [0.1, 0.15) is 31.8 Å². The second-order valence-corrected chi connectivity index (χ2v) is 4.43. The number of nitrogens with zero attached hydrogens (tertiary/aromatic N) is 5. The van der Waals surface area contributed by atoms with Crippen LogP contribution in [0.15, 0.2) is 55.4 Å². The molecule has 24 heavy (non-hydrogen) atoms. The molecule has 3 aromatic rings. The van der Waals surface area contributed by atoms with Crippen LogP contribution in [-0.4, -0.2) is 24.9 Å². The summed E-state index contributed by atoms with van der Waals surface area (Å²) < 4.78 is 0. The number of nitrogens with two attached hydrogens (primary N) is 1. The van der Waals surface area contributed by atoms with Crippen LogP contribution in [0.5, 0.6) is 0 Å². The SMILES string of the molecule is C.C.Cc1ccnc(N)n1.Cc1ccncc1.Cc1ccncn1. The topological polar surface area (TPSA) is 90.5 Å². The van der Waals surface area contributed by atoms with E-state index < -0.39 is 0 Å². The lowest BCUT2D eigenvalue weighted by Gasteiger charge is -1.89. The molecule has 0 aromatic carbocycles. The zero-order chi connectivity index (χ0) is 16.2. The van der Waals surface area contributed by atoms with Gasteiger partial charge in [0.1, 0.15) is 6.33 Å². The van der Waals surface area contributed by atoms with Gasteiger partial charge in [0.05, 0.1) is 0 Å². The normalized spacial score (nSPS) is 8.12. The Balaban J connectivity index is 0. The number of anilines is 1. The maximum atomic E-state index is 5.24. The fourth-order valence-electron chi connectivity index (χ4n) is 1.25. The number of pyridine rings is 1. The maximum absolute atomic E-state index is 5.24. The minimum Gasteiger partial charge on any atom is -0.368 e. The van der Waals surface area contributed by atoms with Crippen molar-refractivity contribution in [3.8, 4) is 0 Å². The molecule has 3 heterocycles. The summed E-state index contributed by atoms with van der Waals surface area (Å²) in [5.74, 6) is 0.338. The summed E-state index contributed by atoms with van der Waals surface area (Å²) in [6.07, 6.45) is 8.47. The van der Waals surface area contributed by atoms with E-state index in [0.29, 0.717) is 5.95 Å². The van der Waals surface area contributed by atoms with Gasteiger partial charge in [-0.1, -0.05) is 14.9 Å². The first-order valence-corrected chi connectivity index (χ1v) is 6.72. The predicted molar refractivity (Wildman–Crippen MR) is 100 cm³/mol. The van der Waals surface area contributed by atoms with Gasteiger partial charge in [0.25, 0.3) is 0 Å². The number of hydrogen-bond donors (Lipinski definition) is 1. The molecular weight excluding hydrogens is 300 g/mol. The molecule has 0 aliphatic carbocycles. The molecule has 6 nitrogen and oxygen atoms in total. The first-order valence-electron chi connectivity index (χ1n) is 6.72. The van der Waals surface area contributed by atoms with E-state index in [1.54, 1.807) is 30.9 Å². The standard InChI is InChI=1S/C6H7N.C5H7N3.C5H6N2.2CH4/c1-6-2-4-7-5-3-6;1-4-2-3-7-5(6)8-4;1-5-2-3-6-4-7-5;;/h2-5H,1H3;2-3H,1H3,(H2,6,7,8);2-4H,1H3;2*1H4. The highest BCUT2D eigenvalue weighted by Gasteiger charge is 1.84. The van der Waals surface area contributed by atoms with Crippen LogP contribution < -0.4 is 5.73 Å². The van der Waals surface area contributed by atoms with Crippen molar-refractivity contribution in [2.24, 2.45) is 0 Å². The van der Waals surface area contributed by atoms with Crippen molar-refractivity contribution in [2.45, 2.75) is 35.6 Å². The highest BCUT2D eigenvalue weighted by Crippen LogP contribution is 1.91. The Kier molecular flexibility index (Phi) is 13.4. The fraction of sp³-hybridized carbons (Fsp3) is 0.278. The van der Waals surface area contributed by atoms with Gasteiger partial charge in [0.15, 0.2) is 0 Å². The highest BCUT2D eigenvalue weighted by atomic mass is 15.0. The number of aromatic nitrogens is 5. The first-order chi connectivity index (χ1) is 10.6. The third-order valence-electron chi connectivity index (χ3n) is 2.39. The first kappa shape index (κ1) is 23.4. The Morgan fingerprint density at radius 1 is 0.708 bits per heavy atom. The maximum Gasteiger partial charge on any atom is 0.220 e. The lowest BCUT2D eigenvalue weighted by Crippen LogP contribution is -1.93. The van der Waals surface area contributed by atoms with E-state index in [0.717, 1.165) is 11.4 Å². The summed E-state index contributed by atoms with van der Waals surface area (Å²) in [5.41, 5.74) is 8.41. The van der Waals surface area contributed by atoms with Crippen LogP contribution in [0.3, 0.4) is 0 Å². The minimum atomic E-state index is 0. The van der Waals surface area contributed by atoms with Crippen molar-refractivity contribution >= 4 is 5.95 Å². The van der Waals surface area contributed by atoms with Gasteiger partial charge in [0, 0.05) is 36.2 Å². The predicted octanol–water partition coefficient (Wildman–Crippen LogP) is 3.81. The molecule has 3 rings (SSSR count). The molecule has 6 heteroatoms. The van der Waals surface area contributed by atoms with Gasteiger partial charge in [-0.05, 0) is 50.6 Å². The number of rotatable bonds is 0. The second-order valence-electron chi connectivity index (χ2n) is 4.43. The summed E-state index contributed by atoms with van der Waals surface area (Å²) in [5, 5.41) is 0. The lowest BCUT2D eigenvalue weighted by atomic mass is 10.3. The van der Waals surface area contributed by atoms with Crippen LogP contribution >= 0.6 is 0 Å². The minimum absolute atomic E-state index is 0. The molecule has 130 valence electrons. The van der Waals surface area contributed by atoms with Gasteiger partial charge in [-0.2, -0.15) is 0 Å². The van der Waals surface area contributed by atoms with Gasteiger partial charge < -0.3 is 5.73 Å². The molecule has 0 atom stereocenters. The van der Waals surface area contributed by atoms with Gasteiger partial charge in [-0.25, -0.2) is 19.9 Å². The van der Waals surface area contributed by atoms with Crippen molar-refractivity contribution in [1.82, 2.24) is 24.9 Å². The summed E-state index contributed by atoms with van der Waals surface area (Å²) in [7, 11) is 0. The molecule has 3 aromatic heterocycles. The largest absolute Gasteiger partial charge is 0.368 e. The van der Waals surface area contributed by atoms with Gasteiger partial charge >= 0.3 is 0 Å². The number of aryl methyl sites for hydroxylation is 3. The highest BCUT2D eigenvalue weighted by molar-refractivity contribution is 5.15. The van der Waals surface area contributed by atoms with Crippen molar-refractivity contribution in [2.75, 3.05) is 5.73 Å². The summed E-state index contributed by atoms with van der Waals surface area (Å²) in [4.78, 5) is 19.0. The van der Waals surface area contributed by atoms with Crippen LogP contribution in [0, 0.1) is 20.8 Å². The molecular formula is C18H28N6. The van der Waals surface area contributed by atoms with E-state index in [4.69, 9.17) is 5.73 Å². The Morgan fingerprint density at radius 3 is 1.58 bits per heavy atom. The third kappa shape index (κ3) is 11.7. The van der Waals surface area contributed by atoms with Crippen LogP contribution in [-0.2, 0) is 0 Å². The molecule has 0 aliphatic heterocycles. The molecule has 0 saturated carbocycles. The third-order valence-corrected chi connectivity index (χ3v) is 2.39. The quantitative estimate of drug-likeness (QED) is 0.674. The average Bonchev–Trinajstić information content (AvgIpc) is 2.50. The van der Waals surface area contributed by atoms with E-state index in [1.165, 1.54) is 11.9 Å². The zero-order valence-electron chi connectivity index (χ0n) is 13.0. The zero-order valence-corrected chi connectivity index (χ0v) is 13.0. The van der Waals surface area contributed by atoms with Crippen LogP contribution in [0.4, 0.5) is 5.95 Å². The Bertz CT molecular complexity index is 589.